The molecule has 0 saturated carbocycles. The summed E-state index contributed by atoms with van der Waals surface area (Å²) in [5.41, 5.74) is 3.17. The minimum Gasteiger partial charge on any atom is -0.377 e. The second-order valence-corrected chi connectivity index (χ2v) is 5.93. The quantitative estimate of drug-likeness (QED) is 0.744. The molecule has 4 heteroatoms. The van der Waals surface area contributed by atoms with E-state index >= 15 is 0 Å². The highest BCUT2D eigenvalue weighted by Crippen LogP contribution is 2.25. The van der Waals surface area contributed by atoms with Crippen molar-refractivity contribution >= 4 is 38.8 Å². The zero-order chi connectivity index (χ0) is 13.2. The lowest BCUT2D eigenvalue weighted by molar-refractivity contribution is 1.12. The zero-order valence-electron chi connectivity index (χ0n) is 10.5. The molecule has 2 nitrogen and oxygen atoms in total. The summed E-state index contributed by atoms with van der Waals surface area (Å²) in [7, 11) is 0. The van der Waals surface area contributed by atoms with Gasteiger partial charge in [0.25, 0.3) is 0 Å². The van der Waals surface area contributed by atoms with Gasteiger partial charge in [0.2, 0.25) is 0 Å². The van der Waals surface area contributed by atoms with Crippen LogP contribution < -0.4 is 5.32 Å². The molecule has 0 aliphatic carbocycles. The van der Waals surface area contributed by atoms with Crippen molar-refractivity contribution < 1.29 is 0 Å². The van der Waals surface area contributed by atoms with Crippen molar-refractivity contribution in [3.05, 3.63) is 58.1 Å². The number of thiazole rings is 1. The molecule has 1 aromatic heterocycles. The number of rotatable bonds is 3. The highest BCUT2D eigenvalue weighted by molar-refractivity contribution is 7.18. The summed E-state index contributed by atoms with van der Waals surface area (Å²) < 4.78 is 1.22. The molecule has 3 aromatic rings. The average molecular weight is 289 g/mol. The van der Waals surface area contributed by atoms with Gasteiger partial charge in [-0.3, -0.25) is 0 Å². The third-order valence-electron chi connectivity index (χ3n) is 2.89. The third kappa shape index (κ3) is 2.72. The molecule has 0 fully saturated rings. The lowest BCUT2D eigenvalue weighted by atomic mass is 10.2. The van der Waals surface area contributed by atoms with E-state index in [1.165, 1.54) is 4.70 Å². The van der Waals surface area contributed by atoms with Crippen molar-refractivity contribution in [1.82, 2.24) is 4.98 Å². The molecule has 0 spiro atoms. The minimum absolute atomic E-state index is 0.697. The number of para-hydroxylation sites is 1. The number of nitrogens with zero attached hydrogens (tertiary/aromatic N) is 1. The maximum Gasteiger partial charge on any atom is 0.113 e. The molecule has 1 heterocycles. The summed E-state index contributed by atoms with van der Waals surface area (Å²) in [5.74, 6) is 0. The molecule has 2 aromatic carbocycles. The molecular formula is C15H13ClN2S. The Morgan fingerprint density at radius 2 is 2.05 bits per heavy atom. The van der Waals surface area contributed by atoms with Crippen LogP contribution in [0.2, 0.25) is 5.02 Å². The minimum atomic E-state index is 0.697. The van der Waals surface area contributed by atoms with Gasteiger partial charge in [0.1, 0.15) is 5.01 Å². The first-order valence-corrected chi connectivity index (χ1v) is 7.26. The van der Waals surface area contributed by atoms with E-state index in [4.69, 9.17) is 11.6 Å². The van der Waals surface area contributed by atoms with Crippen molar-refractivity contribution in [2.45, 2.75) is 13.5 Å². The van der Waals surface area contributed by atoms with Crippen LogP contribution in [-0.2, 0) is 6.54 Å². The maximum atomic E-state index is 6.19. The Kier molecular flexibility index (Phi) is 3.40. The number of fused-ring (bicyclic) bond motifs is 1. The van der Waals surface area contributed by atoms with Gasteiger partial charge in [0, 0.05) is 0 Å². The van der Waals surface area contributed by atoms with Crippen LogP contribution in [0, 0.1) is 6.92 Å². The number of aryl methyl sites for hydroxylation is 1. The Morgan fingerprint density at radius 1 is 1.21 bits per heavy atom. The van der Waals surface area contributed by atoms with Crippen LogP contribution in [-0.4, -0.2) is 4.98 Å². The average Bonchev–Trinajstić information content (AvgIpc) is 2.80. The first-order valence-electron chi connectivity index (χ1n) is 6.07. The molecule has 0 unspecified atom stereocenters. The van der Waals surface area contributed by atoms with Gasteiger partial charge in [-0.15, -0.1) is 11.3 Å². The van der Waals surface area contributed by atoms with Gasteiger partial charge in [0.15, 0.2) is 0 Å². The van der Waals surface area contributed by atoms with E-state index in [1.54, 1.807) is 11.3 Å². The Morgan fingerprint density at radius 3 is 2.84 bits per heavy atom. The monoisotopic (exact) mass is 288 g/mol. The summed E-state index contributed by atoms with van der Waals surface area (Å²) in [6.07, 6.45) is 0. The predicted molar refractivity (Wildman–Crippen MR) is 83.1 cm³/mol. The van der Waals surface area contributed by atoms with Crippen LogP contribution in [0.3, 0.4) is 0 Å². The molecule has 0 saturated heterocycles. The van der Waals surface area contributed by atoms with Crippen molar-refractivity contribution in [3.63, 3.8) is 0 Å². The maximum absolute atomic E-state index is 6.19. The number of hydrogen-bond donors (Lipinski definition) is 1. The summed E-state index contributed by atoms with van der Waals surface area (Å²) in [5, 5.41) is 5.15. The van der Waals surface area contributed by atoms with Gasteiger partial charge in [-0.05, 0) is 36.8 Å². The lowest BCUT2D eigenvalue weighted by Crippen LogP contribution is -1.99. The molecule has 0 aliphatic heterocycles. The van der Waals surface area contributed by atoms with E-state index in [1.807, 2.05) is 43.3 Å². The molecular weight excluding hydrogens is 276 g/mol. The number of aromatic nitrogens is 1. The van der Waals surface area contributed by atoms with Crippen molar-refractivity contribution in [2.75, 3.05) is 5.32 Å². The van der Waals surface area contributed by atoms with Gasteiger partial charge in [-0.1, -0.05) is 29.8 Å². The number of halogens is 1. The summed E-state index contributed by atoms with van der Waals surface area (Å²) in [4.78, 5) is 4.59. The largest absolute Gasteiger partial charge is 0.377 e. The molecule has 0 aliphatic rings. The molecule has 3 rings (SSSR count). The second-order valence-electron chi connectivity index (χ2n) is 4.41. The van der Waals surface area contributed by atoms with E-state index < -0.39 is 0 Å². The second kappa shape index (κ2) is 5.19. The van der Waals surface area contributed by atoms with Gasteiger partial charge in [-0.2, -0.15) is 0 Å². The molecule has 0 atom stereocenters. The van der Waals surface area contributed by atoms with E-state index in [2.05, 4.69) is 16.4 Å². The highest BCUT2D eigenvalue weighted by atomic mass is 35.5. The summed E-state index contributed by atoms with van der Waals surface area (Å²) in [6.45, 7) is 2.73. The summed E-state index contributed by atoms with van der Waals surface area (Å²) >= 11 is 7.90. The van der Waals surface area contributed by atoms with Crippen LogP contribution in [0.15, 0.2) is 42.5 Å². The van der Waals surface area contributed by atoms with E-state index in [0.717, 1.165) is 26.8 Å². The fourth-order valence-corrected chi connectivity index (χ4v) is 3.14. The van der Waals surface area contributed by atoms with E-state index in [0.29, 0.717) is 6.54 Å². The molecule has 19 heavy (non-hydrogen) atoms. The molecule has 0 amide bonds. The van der Waals surface area contributed by atoms with Crippen molar-refractivity contribution in [2.24, 2.45) is 0 Å². The van der Waals surface area contributed by atoms with E-state index in [9.17, 15) is 0 Å². The number of benzene rings is 2. The smallest absolute Gasteiger partial charge is 0.113 e. The Hall–Kier alpha value is -1.58. The van der Waals surface area contributed by atoms with Gasteiger partial charge < -0.3 is 5.32 Å². The Balaban J connectivity index is 1.78. The number of hydrogen-bond acceptors (Lipinski definition) is 3. The third-order valence-corrected chi connectivity index (χ3v) is 4.24. The van der Waals surface area contributed by atoms with Gasteiger partial charge >= 0.3 is 0 Å². The predicted octanol–water partition coefficient (Wildman–Crippen LogP) is 4.87. The zero-order valence-corrected chi connectivity index (χ0v) is 12.1. The van der Waals surface area contributed by atoms with E-state index in [-0.39, 0.29) is 0 Å². The van der Waals surface area contributed by atoms with Gasteiger partial charge in [-0.25, -0.2) is 4.98 Å². The first-order chi connectivity index (χ1) is 9.22. The summed E-state index contributed by atoms with van der Waals surface area (Å²) in [6, 6.07) is 14.2. The number of anilines is 1. The van der Waals surface area contributed by atoms with Crippen molar-refractivity contribution in [1.29, 1.82) is 0 Å². The Labute approximate surface area is 121 Å². The fourth-order valence-electron chi connectivity index (χ4n) is 1.93. The van der Waals surface area contributed by atoms with Crippen LogP contribution >= 0.6 is 22.9 Å². The van der Waals surface area contributed by atoms with Crippen LogP contribution in [0.1, 0.15) is 10.6 Å². The Bertz CT molecular complexity index is 688. The van der Waals surface area contributed by atoms with Crippen LogP contribution in [0.25, 0.3) is 10.2 Å². The SMILES string of the molecule is Cc1ccc(NCc2nc3ccccc3s2)c(Cl)c1. The fraction of sp³-hybridized carbons (Fsp3) is 0.133. The molecule has 0 radical (unpaired) electrons. The first kappa shape index (κ1) is 12.5. The van der Waals surface area contributed by atoms with Crippen LogP contribution in [0.5, 0.6) is 0 Å². The standard InChI is InChI=1S/C15H13ClN2S/c1-10-6-7-12(11(16)8-10)17-9-15-18-13-4-2-3-5-14(13)19-15/h2-8,17H,9H2,1H3. The normalized spacial score (nSPS) is 10.8. The van der Waals surface area contributed by atoms with Gasteiger partial charge in [0.05, 0.1) is 27.5 Å². The molecule has 1 N–H and O–H groups in total. The lowest BCUT2D eigenvalue weighted by Gasteiger charge is -2.07. The van der Waals surface area contributed by atoms with Crippen molar-refractivity contribution in [3.8, 4) is 0 Å². The molecule has 96 valence electrons. The number of nitrogens with one attached hydrogen (secondary N) is 1. The van der Waals surface area contributed by atoms with Crippen LogP contribution in [0.4, 0.5) is 5.69 Å². The molecule has 0 bridgehead atoms. The highest BCUT2D eigenvalue weighted by Gasteiger charge is 2.04. The topological polar surface area (TPSA) is 24.9 Å².